The minimum Gasteiger partial charge on any atom is -0.343 e. The number of fused-ring (bicyclic) bond motifs is 3. The molecule has 1 saturated heterocycles. The Kier molecular flexibility index (Phi) is 6.92. The number of hydrogen-bond donors (Lipinski definition) is 3. The number of piperazine rings is 1. The molecule has 0 spiro atoms. The summed E-state index contributed by atoms with van der Waals surface area (Å²) in [6.45, 7) is 14.3. The van der Waals surface area contributed by atoms with Gasteiger partial charge in [-0.3, -0.25) is 9.69 Å². The Labute approximate surface area is 234 Å². The summed E-state index contributed by atoms with van der Waals surface area (Å²) in [5.74, 6) is 0.105. The van der Waals surface area contributed by atoms with Gasteiger partial charge >= 0.3 is 11.8 Å². The molecule has 40 heavy (non-hydrogen) atoms. The Morgan fingerprint density at radius 3 is 2.73 bits per heavy atom. The number of benzene rings is 1. The highest BCUT2D eigenvalue weighted by Crippen LogP contribution is 2.36. The van der Waals surface area contributed by atoms with Crippen LogP contribution >= 0.6 is 0 Å². The predicted molar refractivity (Wildman–Crippen MR) is 153 cm³/mol. The average molecular weight is 543 g/mol. The third-order valence-corrected chi connectivity index (χ3v) is 8.27. The number of aromatic amines is 1. The first-order valence-electron chi connectivity index (χ1n) is 14.2. The monoisotopic (exact) mass is 542 g/mol. The van der Waals surface area contributed by atoms with E-state index >= 15 is 0 Å². The second-order valence-corrected chi connectivity index (χ2v) is 12.2. The number of aryl methyl sites for hydroxylation is 2. The minimum atomic E-state index is -0.380. The SMILES string of the molecule is Cc1cc(-c2ncnc3[nH]c4c(c23)CCC(N2CCNCC2)C4)ccc1[C@@H](C)NC(=O)c1nc(C(C)(C)C)no1. The molecule has 10 heteroatoms. The number of nitrogens with one attached hydrogen (secondary N) is 3. The molecule has 0 radical (unpaired) electrons. The molecule has 1 aliphatic heterocycles. The molecule has 0 bridgehead atoms. The first-order valence-corrected chi connectivity index (χ1v) is 14.2. The number of carbonyl (C=O) groups is 1. The van der Waals surface area contributed by atoms with Crippen LogP contribution in [-0.2, 0) is 18.3 Å². The van der Waals surface area contributed by atoms with E-state index in [-0.39, 0.29) is 23.3 Å². The van der Waals surface area contributed by atoms with Crippen molar-refractivity contribution in [2.45, 2.75) is 71.4 Å². The van der Waals surface area contributed by atoms with Gasteiger partial charge in [0.05, 0.1) is 11.7 Å². The van der Waals surface area contributed by atoms with E-state index in [4.69, 9.17) is 9.51 Å². The van der Waals surface area contributed by atoms with Crippen LogP contribution in [0.1, 0.15) is 79.1 Å². The zero-order chi connectivity index (χ0) is 28.0. The fourth-order valence-corrected chi connectivity index (χ4v) is 6.08. The number of rotatable bonds is 5. The van der Waals surface area contributed by atoms with Crippen LogP contribution in [0.15, 0.2) is 29.0 Å². The predicted octanol–water partition coefficient (Wildman–Crippen LogP) is 3.87. The van der Waals surface area contributed by atoms with Crippen molar-refractivity contribution in [2.75, 3.05) is 26.2 Å². The number of aromatic nitrogens is 5. The Hall–Kier alpha value is -3.63. The molecule has 1 unspecified atom stereocenters. The third kappa shape index (κ3) is 5.01. The molecule has 210 valence electrons. The summed E-state index contributed by atoms with van der Waals surface area (Å²) in [6, 6.07) is 6.64. The van der Waals surface area contributed by atoms with Crippen molar-refractivity contribution < 1.29 is 9.32 Å². The highest BCUT2D eigenvalue weighted by Gasteiger charge is 2.29. The van der Waals surface area contributed by atoms with Gasteiger partial charge in [-0.15, -0.1) is 0 Å². The van der Waals surface area contributed by atoms with E-state index < -0.39 is 0 Å². The Morgan fingerprint density at radius 2 is 2.00 bits per heavy atom. The largest absolute Gasteiger partial charge is 0.343 e. The van der Waals surface area contributed by atoms with E-state index in [1.54, 1.807) is 6.33 Å². The molecule has 1 aliphatic carbocycles. The van der Waals surface area contributed by atoms with Gasteiger partial charge in [0.1, 0.15) is 12.0 Å². The van der Waals surface area contributed by atoms with E-state index in [2.05, 4.69) is 60.8 Å². The maximum atomic E-state index is 12.8. The molecule has 6 rings (SSSR count). The van der Waals surface area contributed by atoms with Crippen LogP contribution in [0.3, 0.4) is 0 Å². The van der Waals surface area contributed by atoms with Crippen LogP contribution in [0.5, 0.6) is 0 Å². The molecule has 1 aromatic carbocycles. The first-order chi connectivity index (χ1) is 19.2. The molecule has 2 atom stereocenters. The number of carbonyl (C=O) groups excluding carboxylic acids is 1. The van der Waals surface area contributed by atoms with Gasteiger partial charge in [-0.05, 0) is 49.4 Å². The van der Waals surface area contributed by atoms with Crippen molar-refractivity contribution >= 4 is 16.9 Å². The topological polar surface area (TPSA) is 125 Å². The molecular weight excluding hydrogens is 504 g/mol. The number of nitrogens with zero attached hydrogens (tertiary/aromatic N) is 5. The molecule has 1 fully saturated rings. The summed E-state index contributed by atoms with van der Waals surface area (Å²) < 4.78 is 5.22. The fourth-order valence-electron chi connectivity index (χ4n) is 6.08. The minimum absolute atomic E-state index is 0.0224. The Balaban J connectivity index is 1.23. The Morgan fingerprint density at radius 1 is 1.20 bits per heavy atom. The highest BCUT2D eigenvalue weighted by atomic mass is 16.5. The molecule has 1 amide bonds. The molecule has 3 aromatic heterocycles. The number of hydrogen-bond acceptors (Lipinski definition) is 8. The summed E-state index contributed by atoms with van der Waals surface area (Å²) in [6.07, 6.45) is 4.85. The molecule has 2 aliphatic rings. The molecule has 4 aromatic rings. The fraction of sp³-hybridized carbons (Fsp3) is 0.500. The van der Waals surface area contributed by atoms with Gasteiger partial charge in [0.25, 0.3) is 0 Å². The number of amides is 1. The van der Waals surface area contributed by atoms with Crippen LogP contribution in [0, 0.1) is 6.92 Å². The number of H-pyrrole nitrogens is 1. The standard InChI is InChI=1S/C30H38N8O2/c1-17-14-19(6-8-21(17)18(2)34-27(39)28-36-29(37-40-28)30(3,4)5)25-24-22-9-7-20(38-12-10-31-11-13-38)15-23(22)35-26(24)33-16-32-25/h6,8,14,16,18,20,31H,7,9-13,15H2,1-5H3,(H,34,39)(H,32,33,35)/t18-,20?/m1/s1. The van der Waals surface area contributed by atoms with Gasteiger partial charge in [-0.1, -0.05) is 38.1 Å². The lowest BCUT2D eigenvalue weighted by Crippen LogP contribution is -2.50. The zero-order valence-electron chi connectivity index (χ0n) is 24.0. The van der Waals surface area contributed by atoms with Gasteiger partial charge in [0, 0.05) is 60.7 Å². The average Bonchev–Trinajstić information content (AvgIpc) is 3.58. The van der Waals surface area contributed by atoms with Crippen LogP contribution in [0.4, 0.5) is 0 Å². The summed E-state index contributed by atoms with van der Waals surface area (Å²) >= 11 is 0. The second kappa shape index (κ2) is 10.4. The van der Waals surface area contributed by atoms with Crippen LogP contribution in [0.2, 0.25) is 0 Å². The van der Waals surface area contributed by atoms with Crippen molar-refractivity contribution in [3.63, 3.8) is 0 Å². The van der Waals surface area contributed by atoms with Crippen LogP contribution < -0.4 is 10.6 Å². The van der Waals surface area contributed by atoms with E-state index in [0.29, 0.717) is 11.9 Å². The van der Waals surface area contributed by atoms with E-state index in [9.17, 15) is 4.79 Å². The third-order valence-electron chi connectivity index (χ3n) is 8.27. The quantitative estimate of drug-likeness (QED) is 0.347. The zero-order valence-corrected chi connectivity index (χ0v) is 24.0. The van der Waals surface area contributed by atoms with Crippen molar-refractivity contribution in [3.8, 4) is 11.3 Å². The van der Waals surface area contributed by atoms with Gasteiger partial charge in [0.2, 0.25) is 0 Å². The summed E-state index contributed by atoms with van der Waals surface area (Å²) in [5, 5.41) is 11.6. The Bertz CT molecular complexity index is 1540. The lowest BCUT2D eigenvalue weighted by molar-refractivity contribution is 0.0895. The van der Waals surface area contributed by atoms with Crippen LogP contribution in [0.25, 0.3) is 22.3 Å². The second-order valence-electron chi connectivity index (χ2n) is 12.2. The molecular formula is C30H38N8O2. The highest BCUT2D eigenvalue weighted by molar-refractivity contribution is 5.95. The van der Waals surface area contributed by atoms with E-state index in [1.165, 1.54) is 11.3 Å². The van der Waals surface area contributed by atoms with Gasteiger partial charge in [-0.2, -0.15) is 4.98 Å². The van der Waals surface area contributed by atoms with Crippen molar-refractivity contribution in [1.29, 1.82) is 0 Å². The lowest BCUT2D eigenvalue weighted by Gasteiger charge is -2.37. The maximum Gasteiger partial charge on any atom is 0.315 e. The van der Waals surface area contributed by atoms with Crippen LogP contribution in [-0.4, -0.2) is 68.1 Å². The summed E-state index contributed by atoms with van der Waals surface area (Å²) in [4.78, 5) is 32.7. The summed E-state index contributed by atoms with van der Waals surface area (Å²) in [7, 11) is 0. The van der Waals surface area contributed by atoms with Gasteiger partial charge in [0.15, 0.2) is 5.82 Å². The smallest absolute Gasteiger partial charge is 0.315 e. The normalized spacial score (nSPS) is 19.0. The molecule has 4 heterocycles. The first kappa shape index (κ1) is 26.6. The molecule has 0 saturated carbocycles. The van der Waals surface area contributed by atoms with Crippen molar-refractivity contribution in [1.82, 2.24) is 40.6 Å². The maximum absolute atomic E-state index is 12.8. The van der Waals surface area contributed by atoms with Gasteiger partial charge < -0.3 is 20.1 Å². The lowest BCUT2D eigenvalue weighted by atomic mass is 9.89. The van der Waals surface area contributed by atoms with Crippen molar-refractivity contribution in [2.24, 2.45) is 0 Å². The molecule has 10 nitrogen and oxygen atoms in total. The summed E-state index contributed by atoms with van der Waals surface area (Å²) in [5.41, 5.74) is 7.36. The molecule has 3 N–H and O–H groups in total. The van der Waals surface area contributed by atoms with Gasteiger partial charge in [-0.25, -0.2) is 9.97 Å². The van der Waals surface area contributed by atoms with E-state index in [0.717, 1.165) is 78.9 Å². The van der Waals surface area contributed by atoms with E-state index in [1.807, 2.05) is 27.7 Å². The van der Waals surface area contributed by atoms with Crippen molar-refractivity contribution in [3.05, 3.63) is 58.6 Å².